The summed E-state index contributed by atoms with van der Waals surface area (Å²) >= 11 is 6.48. The minimum atomic E-state index is -0.524. The maximum absolute atomic E-state index is 12.9. The minimum Gasteiger partial charge on any atom is -0.339 e. The number of halogens is 1. The lowest BCUT2D eigenvalue weighted by Crippen LogP contribution is -2.56. The molecule has 0 unspecified atom stereocenters. The average Bonchev–Trinajstić information content (AvgIpc) is 3.25. The fraction of sp³-hybridized carbons (Fsp3) is 0.333. The Bertz CT molecular complexity index is 1180. The van der Waals surface area contributed by atoms with E-state index in [0.29, 0.717) is 13.2 Å². The Labute approximate surface area is 191 Å². The van der Waals surface area contributed by atoms with Crippen molar-refractivity contribution >= 4 is 23.2 Å². The second-order valence-electron chi connectivity index (χ2n) is 8.47. The number of nitrogens with one attached hydrogen (secondary N) is 1. The summed E-state index contributed by atoms with van der Waals surface area (Å²) in [5, 5.41) is 3.29. The summed E-state index contributed by atoms with van der Waals surface area (Å²) in [6.07, 6.45) is 1.44. The van der Waals surface area contributed by atoms with E-state index in [1.54, 1.807) is 4.68 Å². The van der Waals surface area contributed by atoms with Crippen LogP contribution >= 0.6 is 11.6 Å². The lowest BCUT2D eigenvalue weighted by Gasteiger charge is -2.43. The quantitative estimate of drug-likeness (QED) is 0.662. The first-order valence-corrected chi connectivity index (χ1v) is 11.2. The highest BCUT2D eigenvalue weighted by atomic mass is 35.5. The molecular weight excluding hydrogens is 426 g/mol. The van der Waals surface area contributed by atoms with Gasteiger partial charge in [-0.1, -0.05) is 48.0 Å². The highest BCUT2D eigenvalue weighted by Crippen LogP contribution is 2.36. The van der Waals surface area contributed by atoms with Gasteiger partial charge in [0.05, 0.1) is 18.1 Å². The van der Waals surface area contributed by atoms with Crippen LogP contribution in [0.1, 0.15) is 18.5 Å². The predicted octanol–water partition coefficient (Wildman–Crippen LogP) is 2.76. The van der Waals surface area contributed by atoms with Crippen LogP contribution in [0, 0.1) is 0 Å². The Balaban J connectivity index is 1.36. The average molecular weight is 452 g/mol. The SMILES string of the molecule is Cn1c(CN2CCC3(CC2)C(=O)NCN3c2ccccc2)c(Cl)c(=O)n1-c1ccccc1. The van der Waals surface area contributed by atoms with Crippen molar-refractivity contribution in [2.24, 2.45) is 7.05 Å². The number of carbonyl (C=O) groups excluding carboxylic acids is 1. The van der Waals surface area contributed by atoms with Crippen LogP contribution < -0.4 is 15.8 Å². The van der Waals surface area contributed by atoms with E-state index in [1.165, 1.54) is 0 Å². The van der Waals surface area contributed by atoms with Gasteiger partial charge >= 0.3 is 0 Å². The third-order valence-electron chi connectivity index (χ3n) is 6.79. The van der Waals surface area contributed by atoms with E-state index in [-0.39, 0.29) is 16.5 Å². The Kier molecular flexibility index (Phi) is 5.31. The molecule has 2 aliphatic heterocycles. The zero-order valence-corrected chi connectivity index (χ0v) is 18.8. The van der Waals surface area contributed by atoms with Gasteiger partial charge in [-0.05, 0) is 37.1 Å². The molecule has 0 atom stereocenters. The number of hydrogen-bond donors (Lipinski definition) is 1. The Morgan fingerprint density at radius 1 is 0.938 bits per heavy atom. The molecule has 7 nitrogen and oxygen atoms in total. The van der Waals surface area contributed by atoms with Crippen molar-refractivity contribution in [1.29, 1.82) is 0 Å². The highest BCUT2D eigenvalue weighted by Gasteiger charge is 2.50. The second-order valence-corrected chi connectivity index (χ2v) is 8.85. The molecule has 5 rings (SSSR count). The number of hydrogen-bond acceptors (Lipinski definition) is 4. The molecule has 1 spiro atoms. The molecule has 0 aliphatic carbocycles. The normalized spacial score (nSPS) is 18.3. The van der Waals surface area contributed by atoms with Crippen LogP contribution in [0.5, 0.6) is 0 Å². The topological polar surface area (TPSA) is 62.5 Å². The summed E-state index contributed by atoms with van der Waals surface area (Å²) in [7, 11) is 1.86. The molecule has 2 saturated heterocycles. The van der Waals surface area contributed by atoms with Gasteiger partial charge in [-0.25, -0.2) is 4.68 Å². The lowest BCUT2D eigenvalue weighted by molar-refractivity contribution is -0.125. The molecule has 32 heavy (non-hydrogen) atoms. The molecule has 0 saturated carbocycles. The predicted molar refractivity (Wildman–Crippen MR) is 125 cm³/mol. The van der Waals surface area contributed by atoms with Crippen molar-refractivity contribution in [1.82, 2.24) is 19.6 Å². The van der Waals surface area contributed by atoms with Crippen LogP contribution in [-0.4, -0.2) is 45.5 Å². The van der Waals surface area contributed by atoms with Crippen LogP contribution in [0.3, 0.4) is 0 Å². The maximum Gasteiger partial charge on any atom is 0.290 e. The van der Waals surface area contributed by atoms with Gasteiger partial charge in [0.1, 0.15) is 10.6 Å². The van der Waals surface area contributed by atoms with Gasteiger partial charge in [-0.3, -0.25) is 19.2 Å². The number of nitrogens with zero attached hydrogens (tertiary/aromatic N) is 4. The molecule has 8 heteroatoms. The molecule has 166 valence electrons. The van der Waals surface area contributed by atoms with E-state index in [1.807, 2.05) is 60.3 Å². The Hall–Kier alpha value is -3.03. The van der Waals surface area contributed by atoms with E-state index in [2.05, 4.69) is 27.2 Å². The summed E-state index contributed by atoms with van der Waals surface area (Å²) in [5.41, 5.74) is 1.89. The number of aromatic nitrogens is 2. The first-order chi connectivity index (χ1) is 15.5. The number of para-hydroxylation sites is 2. The number of benzene rings is 2. The fourth-order valence-electron chi connectivity index (χ4n) is 4.97. The number of carbonyl (C=O) groups is 1. The van der Waals surface area contributed by atoms with Gasteiger partial charge in [-0.2, -0.15) is 0 Å². The summed E-state index contributed by atoms with van der Waals surface area (Å²) in [6, 6.07) is 19.6. The van der Waals surface area contributed by atoms with E-state index in [0.717, 1.165) is 43.0 Å². The van der Waals surface area contributed by atoms with Crippen molar-refractivity contribution in [3.05, 3.63) is 81.7 Å². The zero-order valence-electron chi connectivity index (χ0n) is 18.0. The largest absolute Gasteiger partial charge is 0.339 e. The van der Waals surface area contributed by atoms with Crippen molar-refractivity contribution in [2.45, 2.75) is 24.9 Å². The Morgan fingerprint density at radius 2 is 1.53 bits per heavy atom. The molecule has 2 aliphatic rings. The van der Waals surface area contributed by atoms with Crippen LogP contribution in [-0.2, 0) is 18.4 Å². The summed E-state index contributed by atoms with van der Waals surface area (Å²) in [6.45, 7) is 2.59. The van der Waals surface area contributed by atoms with E-state index < -0.39 is 5.54 Å². The monoisotopic (exact) mass is 451 g/mol. The number of piperidine rings is 1. The number of anilines is 1. The molecule has 3 aromatic rings. The van der Waals surface area contributed by atoms with Crippen LogP contribution in [0.4, 0.5) is 5.69 Å². The van der Waals surface area contributed by atoms with Gasteiger partial charge in [0, 0.05) is 32.4 Å². The molecule has 1 N–H and O–H groups in total. The third kappa shape index (κ3) is 3.32. The minimum absolute atomic E-state index is 0.0988. The number of amides is 1. The first-order valence-electron chi connectivity index (χ1n) is 10.9. The van der Waals surface area contributed by atoms with E-state index in [9.17, 15) is 9.59 Å². The fourth-order valence-corrected chi connectivity index (χ4v) is 5.23. The standard InChI is InChI=1S/C24H26ClN5O2/c1-27-20(21(25)22(31)30(27)19-10-6-3-7-11-19)16-28-14-12-24(13-15-28)23(32)26-17-29(24)18-8-4-2-5-9-18/h2-11H,12-17H2,1H3,(H,26,32). The molecule has 3 heterocycles. The summed E-state index contributed by atoms with van der Waals surface area (Å²) in [4.78, 5) is 30.2. The summed E-state index contributed by atoms with van der Waals surface area (Å²) in [5.74, 6) is 0.0988. The highest BCUT2D eigenvalue weighted by molar-refractivity contribution is 6.31. The molecule has 1 aromatic heterocycles. The third-order valence-corrected chi connectivity index (χ3v) is 7.17. The van der Waals surface area contributed by atoms with Crippen molar-refractivity contribution in [3.63, 3.8) is 0 Å². The van der Waals surface area contributed by atoms with Crippen LogP contribution in [0.15, 0.2) is 65.5 Å². The maximum atomic E-state index is 12.9. The molecular formula is C24H26ClN5O2. The van der Waals surface area contributed by atoms with Gasteiger partial charge in [0.15, 0.2) is 0 Å². The van der Waals surface area contributed by atoms with Crippen molar-refractivity contribution in [2.75, 3.05) is 24.7 Å². The molecule has 2 aromatic carbocycles. The zero-order chi connectivity index (χ0) is 22.3. The molecule has 0 radical (unpaired) electrons. The van der Waals surface area contributed by atoms with Crippen LogP contribution in [0.2, 0.25) is 5.02 Å². The lowest BCUT2D eigenvalue weighted by atomic mass is 9.85. The van der Waals surface area contributed by atoms with E-state index >= 15 is 0 Å². The van der Waals surface area contributed by atoms with Gasteiger partial charge in [-0.15, -0.1) is 0 Å². The van der Waals surface area contributed by atoms with Gasteiger partial charge in [0.25, 0.3) is 5.56 Å². The van der Waals surface area contributed by atoms with Gasteiger partial charge < -0.3 is 10.2 Å². The van der Waals surface area contributed by atoms with E-state index in [4.69, 9.17) is 11.6 Å². The number of rotatable bonds is 4. The van der Waals surface area contributed by atoms with Gasteiger partial charge in [0.2, 0.25) is 5.91 Å². The number of likely N-dealkylation sites (tertiary alicyclic amines) is 1. The molecule has 2 fully saturated rings. The van der Waals surface area contributed by atoms with Crippen molar-refractivity contribution in [3.8, 4) is 5.69 Å². The molecule has 1 amide bonds. The first kappa shape index (κ1) is 20.8. The van der Waals surface area contributed by atoms with Crippen LogP contribution in [0.25, 0.3) is 5.69 Å². The smallest absolute Gasteiger partial charge is 0.290 e. The molecule has 0 bridgehead atoms. The summed E-state index contributed by atoms with van der Waals surface area (Å²) < 4.78 is 3.44. The second kappa shape index (κ2) is 8.15. The van der Waals surface area contributed by atoms with Crippen molar-refractivity contribution < 1.29 is 4.79 Å². The Morgan fingerprint density at radius 3 is 2.16 bits per heavy atom.